The third-order valence-electron chi connectivity index (χ3n) is 10.6. The van der Waals surface area contributed by atoms with Gasteiger partial charge in [0.1, 0.15) is 6.61 Å². The summed E-state index contributed by atoms with van der Waals surface area (Å²) in [5, 5.41) is 10.0. The Bertz CT molecular complexity index is 1110. The Balaban J connectivity index is 0. The van der Waals surface area contributed by atoms with Crippen LogP contribution in [0.1, 0.15) is 226 Å². The number of hydrogen-bond acceptors (Lipinski definition) is 9. The normalized spacial score (nSPS) is 12.3. The molecular weight excluding hydrogens is 806 g/mol. The zero-order valence-electron chi connectivity index (χ0n) is 39.7. The van der Waals surface area contributed by atoms with Gasteiger partial charge in [-0.1, -0.05) is 175 Å². The molecule has 0 aliphatic carbocycles. The molecule has 0 aliphatic rings. The minimum atomic E-state index is -5.08. The second-order valence-electron chi connectivity index (χ2n) is 17.0. The largest absolute Gasteiger partial charge is 0.490 e. The molecule has 2 N–H and O–H groups in total. The maximum atomic E-state index is 13.2. The Kier molecular flexibility index (Phi) is 42.8. The average molecular weight is 895 g/mol. The van der Waals surface area contributed by atoms with Gasteiger partial charge in [-0.3, -0.25) is 19.2 Å². The van der Waals surface area contributed by atoms with Gasteiger partial charge in [-0.25, -0.2) is 4.79 Å². The van der Waals surface area contributed by atoms with E-state index < -0.39 is 36.3 Å². The van der Waals surface area contributed by atoms with Crippen molar-refractivity contribution in [2.75, 3.05) is 33.8 Å². The SMILES string of the molecule is CCCCCCCCCCCC(=O)OCC(OC(=O)CCCCCCCCCCC)C(CNC(=O)CCCN(C)C)OC(=O)CCCCCCCCCCC.O=C(O)C(F)(F)F. The predicted octanol–water partition coefficient (Wildman–Crippen LogP) is 12.2. The number of aliphatic carboxylic acids is 1. The topological polar surface area (TPSA) is 149 Å². The number of alkyl halides is 3. The number of carbonyl (C=O) groups is 5. The maximum absolute atomic E-state index is 13.2. The maximum Gasteiger partial charge on any atom is 0.490 e. The van der Waals surface area contributed by atoms with Gasteiger partial charge >= 0.3 is 30.1 Å². The minimum Gasteiger partial charge on any atom is -0.475 e. The molecule has 0 spiro atoms. The van der Waals surface area contributed by atoms with E-state index in [0.717, 1.165) is 51.5 Å². The summed E-state index contributed by atoms with van der Waals surface area (Å²) in [6.45, 7) is 7.21. The molecule has 2 unspecified atom stereocenters. The number of nitrogens with zero attached hydrogens (tertiary/aromatic N) is 1. The lowest BCUT2D eigenvalue weighted by atomic mass is 10.1. The lowest BCUT2D eigenvalue weighted by Crippen LogP contribution is -2.46. The Morgan fingerprint density at radius 1 is 0.500 bits per heavy atom. The Morgan fingerprint density at radius 2 is 0.823 bits per heavy atom. The van der Waals surface area contributed by atoms with E-state index in [1.807, 2.05) is 19.0 Å². The van der Waals surface area contributed by atoms with Crippen molar-refractivity contribution in [2.45, 2.75) is 245 Å². The molecule has 0 aliphatic heterocycles. The van der Waals surface area contributed by atoms with Crippen LogP contribution in [-0.2, 0) is 38.2 Å². The second-order valence-corrected chi connectivity index (χ2v) is 17.0. The number of hydrogen-bond donors (Lipinski definition) is 2. The first-order chi connectivity index (χ1) is 29.7. The smallest absolute Gasteiger partial charge is 0.475 e. The van der Waals surface area contributed by atoms with E-state index in [4.69, 9.17) is 24.1 Å². The van der Waals surface area contributed by atoms with E-state index in [-0.39, 0.29) is 37.9 Å². The third-order valence-corrected chi connectivity index (χ3v) is 10.6. The van der Waals surface area contributed by atoms with Gasteiger partial charge < -0.3 is 29.5 Å². The van der Waals surface area contributed by atoms with E-state index in [9.17, 15) is 32.3 Å². The Labute approximate surface area is 374 Å². The van der Waals surface area contributed by atoms with E-state index >= 15 is 0 Å². The molecule has 14 heteroatoms. The number of unbranched alkanes of at least 4 members (excludes halogenated alkanes) is 24. The summed E-state index contributed by atoms with van der Waals surface area (Å²) in [5.41, 5.74) is 0. The fourth-order valence-electron chi connectivity index (χ4n) is 6.77. The molecule has 366 valence electrons. The molecule has 0 aromatic heterocycles. The van der Waals surface area contributed by atoms with Crippen molar-refractivity contribution in [3.63, 3.8) is 0 Å². The number of nitrogens with one attached hydrogen (secondary N) is 1. The van der Waals surface area contributed by atoms with Crippen LogP contribution < -0.4 is 5.32 Å². The van der Waals surface area contributed by atoms with Crippen LogP contribution in [-0.4, -0.2) is 92.0 Å². The predicted molar refractivity (Wildman–Crippen MR) is 241 cm³/mol. The van der Waals surface area contributed by atoms with Crippen LogP contribution in [0.2, 0.25) is 0 Å². The van der Waals surface area contributed by atoms with Gasteiger partial charge in [0.05, 0.1) is 6.54 Å². The first kappa shape index (κ1) is 61.2. The molecule has 2 atom stereocenters. The van der Waals surface area contributed by atoms with Gasteiger partial charge in [0.2, 0.25) is 5.91 Å². The molecule has 0 bridgehead atoms. The standard InChI is InChI=1S/C46H88N2O7.C2HF3O2/c1-6-9-12-15-18-21-24-27-30-35-44(50)53-40-42(55-46(52)37-32-29-26-23-20-17-14-11-8-3)41(39-47-43(49)34-33-38-48(4)5)54-45(51)36-31-28-25-22-19-16-13-10-7-2;3-2(4,5)1(6)7/h41-42H,6-40H2,1-5H3,(H,47,49);(H,6,7). The molecule has 0 saturated heterocycles. The highest BCUT2D eigenvalue weighted by atomic mass is 19.4. The fourth-order valence-corrected chi connectivity index (χ4v) is 6.77. The summed E-state index contributed by atoms with van der Waals surface area (Å²) in [6.07, 6.45) is 25.5. The zero-order valence-corrected chi connectivity index (χ0v) is 39.7. The van der Waals surface area contributed by atoms with E-state index in [1.54, 1.807) is 0 Å². The third kappa shape index (κ3) is 43.7. The number of esters is 3. The van der Waals surface area contributed by atoms with Crippen LogP contribution in [0.25, 0.3) is 0 Å². The molecule has 0 radical (unpaired) electrons. The number of ether oxygens (including phenoxy) is 3. The summed E-state index contributed by atoms with van der Waals surface area (Å²) in [4.78, 5) is 62.8. The zero-order chi connectivity index (χ0) is 46.7. The summed E-state index contributed by atoms with van der Waals surface area (Å²) in [7, 11) is 3.93. The Hall–Kier alpha value is -2.90. The summed E-state index contributed by atoms with van der Waals surface area (Å²) < 4.78 is 49.3. The molecule has 1 amide bonds. The van der Waals surface area contributed by atoms with Crippen molar-refractivity contribution in [2.24, 2.45) is 0 Å². The van der Waals surface area contributed by atoms with Crippen molar-refractivity contribution >= 4 is 29.8 Å². The van der Waals surface area contributed by atoms with Crippen LogP contribution in [0.5, 0.6) is 0 Å². The summed E-state index contributed by atoms with van der Waals surface area (Å²) in [5.74, 6) is -4.07. The first-order valence-electron chi connectivity index (χ1n) is 24.4. The Morgan fingerprint density at radius 3 is 1.16 bits per heavy atom. The van der Waals surface area contributed by atoms with Crippen molar-refractivity contribution in [3.8, 4) is 0 Å². The molecule has 0 fully saturated rings. The fraction of sp³-hybridized carbons (Fsp3) is 0.896. The van der Waals surface area contributed by atoms with Crippen molar-refractivity contribution in [3.05, 3.63) is 0 Å². The van der Waals surface area contributed by atoms with Gasteiger partial charge in [-0.2, -0.15) is 13.2 Å². The van der Waals surface area contributed by atoms with Gasteiger partial charge in [0.25, 0.3) is 0 Å². The first-order valence-corrected chi connectivity index (χ1v) is 24.4. The molecule has 0 aromatic carbocycles. The number of halogens is 3. The minimum absolute atomic E-state index is 0.0178. The number of carbonyl (C=O) groups excluding carboxylic acids is 4. The highest BCUT2D eigenvalue weighted by Crippen LogP contribution is 2.17. The van der Waals surface area contributed by atoms with Crippen molar-refractivity contribution in [1.29, 1.82) is 0 Å². The number of rotatable bonds is 41. The van der Waals surface area contributed by atoms with Crippen LogP contribution in [0, 0.1) is 0 Å². The van der Waals surface area contributed by atoms with Crippen LogP contribution >= 0.6 is 0 Å². The molecule has 0 rings (SSSR count). The summed E-state index contributed by atoms with van der Waals surface area (Å²) in [6, 6.07) is 0. The molecule has 0 heterocycles. The van der Waals surface area contributed by atoms with Gasteiger partial charge in [-0.15, -0.1) is 0 Å². The van der Waals surface area contributed by atoms with Gasteiger partial charge in [-0.05, 0) is 46.3 Å². The monoisotopic (exact) mass is 895 g/mol. The molecule has 0 aromatic rings. The molecule has 0 saturated carbocycles. The lowest BCUT2D eigenvalue weighted by Gasteiger charge is -2.27. The second kappa shape index (κ2) is 43.4. The number of carboxylic acids is 1. The van der Waals surface area contributed by atoms with Gasteiger partial charge in [0, 0.05) is 25.7 Å². The lowest BCUT2D eigenvalue weighted by molar-refractivity contribution is -0.192. The van der Waals surface area contributed by atoms with E-state index in [1.165, 1.54) is 116 Å². The molecular formula is C48H89F3N2O9. The summed E-state index contributed by atoms with van der Waals surface area (Å²) >= 11 is 0. The van der Waals surface area contributed by atoms with E-state index in [0.29, 0.717) is 32.1 Å². The number of carboxylic acid groups (broad SMARTS) is 1. The average Bonchev–Trinajstić information content (AvgIpc) is 3.21. The van der Waals surface area contributed by atoms with Crippen LogP contribution in [0.3, 0.4) is 0 Å². The van der Waals surface area contributed by atoms with Gasteiger partial charge in [0.15, 0.2) is 12.2 Å². The molecule has 62 heavy (non-hydrogen) atoms. The number of amides is 1. The van der Waals surface area contributed by atoms with Crippen LogP contribution in [0.4, 0.5) is 13.2 Å². The quantitative estimate of drug-likeness (QED) is 0.0345. The van der Waals surface area contributed by atoms with Crippen LogP contribution in [0.15, 0.2) is 0 Å². The van der Waals surface area contributed by atoms with Crippen molar-refractivity contribution in [1.82, 2.24) is 10.2 Å². The highest BCUT2D eigenvalue weighted by Gasteiger charge is 2.38. The van der Waals surface area contributed by atoms with E-state index in [2.05, 4.69) is 26.1 Å². The molecule has 11 nitrogen and oxygen atoms in total. The highest BCUT2D eigenvalue weighted by molar-refractivity contribution is 5.76. The van der Waals surface area contributed by atoms with Crippen molar-refractivity contribution < 1.29 is 56.5 Å².